The first-order chi connectivity index (χ1) is 7.62. The summed E-state index contributed by atoms with van der Waals surface area (Å²) in [6, 6.07) is 0. The van der Waals surface area contributed by atoms with E-state index >= 15 is 0 Å². The van der Waals surface area contributed by atoms with Crippen molar-refractivity contribution in [2.45, 2.75) is 54.4 Å². The molecule has 0 spiro atoms. The molecule has 0 aromatic heterocycles. The molecule has 1 heteroatoms. The van der Waals surface area contributed by atoms with Gasteiger partial charge in [0.05, 0.1) is 0 Å². The maximum Gasteiger partial charge on any atom is 0.0380 e. The normalized spacial score (nSPS) is 20.0. The molecule has 16 heavy (non-hydrogen) atoms. The number of fused-ring (bicyclic) bond motifs is 1. The Balaban J connectivity index is 0.000000509. The summed E-state index contributed by atoms with van der Waals surface area (Å²) >= 11 is 0. The third kappa shape index (κ3) is 2.78. The largest absolute Gasteiger partial charge is 0.359 e. The van der Waals surface area contributed by atoms with Crippen LogP contribution in [0.5, 0.6) is 0 Å². The van der Waals surface area contributed by atoms with Gasteiger partial charge < -0.3 is 5.32 Å². The average Bonchev–Trinajstić information content (AvgIpc) is 2.56. The summed E-state index contributed by atoms with van der Waals surface area (Å²) in [6.07, 6.45) is 6.95. The first-order valence-electron chi connectivity index (χ1n) is 6.50. The maximum atomic E-state index is 4.04. The van der Waals surface area contributed by atoms with E-state index < -0.39 is 0 Å². The van der Waals surface area contributed by atoms with Crippen LogP contribution in [0.1, 0.15) is 54.4 Å². The van der Waals surface area contributed by atoms with E-state index in [1.807, 2.05) is 27.7 Å². The lowest BCUT2D eigenvalue weighted by Crippen LogP contribution is -2.12. The smallest absolute Gasteiger partial charge is 0.0380 e. The Morgan fingerprint density at radius 1 is 1.06 bits per heavy atom. The van der Waals surface area contributed by atoms with Crippen molar-refractivity contribution in [1.82, 2.24) is 5.32 Å². The van der Waals surface area contributed by atoms with E-state index in [0.29, 0.717) is 0 Å². The minimum absolute atomic E-state index is 0.131. The predicted octanol–water partition coefficient (Wildman–Crippen LogP) is 4.79. The highest BCUT2D eigenvalue weighted by atomic mass is 15.0. The molecule has 92 valence electrons. The highest BCUT2D eigenvalue weighted by Gasteiger charge is 2.36. The van der Waals surface area contributed by atoms with Crippen LogP contribution in [0.15, 0.2) is 35.7 Å². The van der Waals surface area contributed by atoms with E-state index in [1.165, 1.54) is 17.7 Å². The Hall–Kier alpha value is -0.980. The number of nitrogens with one attached hydrogen (secondary N) is 1. The molecule has 2 aliphatic rings. The molecule has 0 atom stereocenters. The van der Waals surface area contributed by atoms with E-state index in [0.717, 1.165) is 12.1 Å². The second-order valence-electron chi connectivity index (χ2n) is 4.04. The fourth-order valence-electron chi connectivity index (χ4n) is 1.87. The predicted molar refractivity (Wildman–Crippen MR) is 74.2 cm³/mol. The molecular formula is C15H27N. The molecule has 1 saturated heterocycles. The molecule has 1 heterocycles. The highest BCUT2D eigenvalue weighted by molar-refractivity contribution is 5.49. The lowest BCUT2D eigenvalue weighted by atomic mass is 9.82. The van der Waals surface area contributed by atoms with Gasteiger partial charge >= 0.3 is 0 Å². The Morgan fingerprint density at radius 3 is 2.06 bits per heavy atom. The molecule has 2 rings (SSSR count). The quantitative estimate of drug-likeness (QED) is 0.620. The van der Waals surface area contributed by atoms with Crippen molar-refractivity contribution in [2.75, 3.05) is 0 Å². The Bertz CT molecular complexity index is 293. The van der Waals surface area contributed by atoms with Crippen molar-refractivity contribution in [3.63, 3.8) is 0 Å². The lowest BCUT2D eigenvalue weighted by Gasteiger charge is -2.20. The third-order valence-electron chi connectivity index (χ3n) is 2.87. The summed E-state index contributed by atoms with van der Waals surface area (Å²) in [5.74, 6) is 0. The average molecular weight is 221 g/mol. The van der Waals surface area contributed by atoms with E-state index in [4.69, 9.17) is 0 Å². The SMILES string of the molecule is C=C1NC2=CCCC=C2C1(C)C.CC.CC. The van der Waals surface area contributed by atoms with Crippen LogP contribution in [0.2, 0.25) is 0 Å². The van der Waals surface area contributed by atoms with Gasteiger partial charge in [0.2, 0.25) is 0 Å². The van der Waals surface area contributed by atoms with Gasteiger partial charge in [-0.25, -0.2) is 0 Å². The van der Waals surface area contributed by atoms with Crippen molar-refractivity contribution in [2.24, 2.45) is 5.41 Å². The van der Waals surface area contributed by atoms with Crippen LogP contribution in [0.4, 0.5) is 0 Å². The number of hydrogen-bond donors (Lipinski definition) is 1. The van der Waals surface area contributed by atoms with Crippen LogP contribution in [-0.2, 0) is 0 Å². The summed E-state index contributed by atoms with van der Waals surface area (Å²) < 4.78 is 0. The summed E-state index contributed by atoms with van der Waals surface area (Å²) in [5, 5.41) is 3.34. The molecule has 0 unspecified atom stereocenters. The van der Waals surface area contributed by atoms with Crippen molar-refractivity contribution in [1.29, 1.82) is 0 Å². The van der Waals surface area contributed by atoms with Crippen LogP contribution in [-0.4, -0.2) is 0 Å². The van der Waals surface area contributed by atoms with Gasteiger partial charge in [0.25, 0.3) is 0 Å². The van der Waals surface area contributed by atoms with E-state index in [2.05, 4.69) is 37.9 Å². The van der Waals surface area contributed by atoms with E-state index in [1.54, 1.807) is 0 Å². The van der Waals surface area contributed by atoms with Gasteiger partial charge in [-0.15, -0.1) is 0 Å². The molecule has 0 amide bonds. The monoisotopic (exact) mass is 221 g/mol. The Morgan fingerprint density at radius 2 is 1.56 bits per heavy atom. The summed E-state index contributed by atoms with van der Waals surface area (Å²) in [6.45, 7) is 16.5. The van der Waals surface area contributed by atoms with Gasteiger partial charge in [-0.1, -0.05) is 60.3 Å². The van der Waals surface area contributed by atoms with Gasteiger partial charge in [0.1, 0.15) is 0 Å². The molecule has 1 aliphatic carbocycles. The van der Waals surface area contributed by atoms with Crippen molar-refractivity contribution in [3.8, 4) is 0 Å². The van der Waals surface area contributed by atoms with Crippen LogP contribution in [0.3, 0.4) is 0 Å². The fraction of sp³-hybridized carbons (Fsp3) is 0.600. The van der Waals surface area contributed by atoms with Gasteiger partial charge in [0, 0.05) is 16.8 Å². The van der Waals surface area contributed by atoms with Gasteiger partial charge in [-0.05, 0) is 18.4 Å². The molecule has 0 radical (unpaired) electrons. The van der Waals surface area contributed by atoms with Crippen LogP contribution in [0.25, 0.3) is 0 Å². The molecule has 1 aliphatic heterocycles. The first kappa shape index (κ1) is 15.0. The Labute approximate surface area is 101 Å². The van der Waals surface area contributed by atoms with Crippen molar-refractivity contribution < 1.29 is 0 Å². The summed E-state index contributed by atoms with van der Waals surface area (Å²) in [5.41, 5.74) is 3.98. The number of rotatable bonds is 0. The minimum atomic E-state index is 0.131. The zero-order chi connectivity index (χ0) is 12.8. The topological polar surface area (TPSA) is 12.0 Å². The van der Waals surface area contributed by atoms with Crippen LogP contribution >= 0.6 is 0 Å². The van der Waals surface area contributed by atoms with Gasteiger partial charge in [-0.2, -0.15) is 0 Å². The zero-order valence-electron chi connectivity index (χ0n) is 11.8. The standard InChI is InChI=1S/C11H15N.2C2H6/c1-8-11(2,3)9-6-4-5-7-10(9)12-8;2*1-2/h6-7,12H,1,4-5H2,2-3H3;2*1-2H3. The Kier molecular flexibility index (Phi) is 6.17. The van der Waals surface area contributed by atoms with Crippen molar-refractivity contribution in [3.05, 3.63) is 35.7 Å². The van der Waals surface area contributed by atoms with Gasteiger partial charge in [-0.3, -0.25) is 0 Å². The zero-order valence-corrected chi connectivity index (χ0v) is 11.8. The highest BCUT2D eigenvalue weighted by Crippen LogP contribution is 2.44. The number of hydrogen-bond acceptors (Lipinski definition) is 1. The van der Waals surface area contributed by atoms with Crippen molar-refractivity contribution >= 4 is 0 Å². The van der Waals surface area contributed by atoms with Gasteiger partial charge in [0.15, 0.2) is 0 Å². The van der Waals surface area contributed by atoms with E-state index in [-0.39, 0.29) is 5.41 Å². The molecule has 0 bridgehead atoms. The lowest BCUT2D eigenvalue weighted by molar-refractivity contribution is 0.566. The third-order valence-corrected chi connectivity index (χ3v) is 2.87. The molecule has 0 aromatic carbocycles. The number of allylic oxidation sites excluding steroid dienone is 4. The fourth-order valence-corrected chi connectivity index (χ4v) is 1.87. The van der Waals surface area contributed by atoms with Crippen LogP contribution in [0, 0.1) is 5.41 Å². The maximum absolute atomic E-state index is 4.04. The molecule has 1 nitrogen and oxygen atoms in total. The second-order valence-corrected chi connectivity index (χ2v) is 4.04. The summed E-state index contributed by atoms with van der Waals surface area (Å²) in [7, 11) is 0. The minimum Gasteiger partial charge on any atom is -0.359 e. The summed E-state index contributed by atoms with van der Waals surface area (Å²) in [4.78, 5) is 0. The second kappa shape index (κ2) is 6.57. The molecular weight excluding hydrogens is 194 g/mol. The molecule has 0 saturated carbocycles. The molecule has 0 aromatic rings. The first-order valence-corrected chi connectivity index (χ1v) is 6.50. The molecule has 1 fully saturated rings. The van der Waals surface area contributed by atoms with Crippen LogP contribution < -0.4 is 5.32 Å². The van der Waals surface area contributed by atoms with E-state index in [9.17, 15) is 0 Å². The molecule has 1 N–H and O–H groups in total.